The Balaban J connectivity index is 2.11. The topological polar surface area (TPSA) is 46.2 Å². The minimum Gasteiger partial charge on any atom is -0.283 e. The highest BCUT2D eigenvalue weighted by Crippen LogP contribution is 2.30. The summed E-state index contributed by atoms with van der Waals surface area (Å²) in [4.78, 5) is 0.896. The van der Waals surface area contributed by atoms with Gasteiger partial charge in [0.15, 0.2) is 0 Å². The molecule has 2 aromatic rings. The summed E-state index contributed by atoms with van der Waals surface area (Å²) < 4.78 is 25.2. The average Bonchev–Trinajstić information content (AvgIpc) is 2.38. The van der Waals surface area contributed by atoms with Gasteiger partial charge in [0.2, 0.25) is 10.0 Å². The molecule has 0 heterocycles. The fourth-order valence-corrected chi connectivity index (χ4v) is 3.35. The van der Waals surface area contributed by atoms with Gasteiger partial charge in [0.25, 0.3) is 0 Å². The average molecular weight is 328 g/mol. The Morgan fingerprint density at radius 1 is 1.10 bits per heavy atom. The molecule has 0 spiro atoms. The summed E-state index contributed by atoms with van der Waals surface area (Å²) >= 11 is 7.42. The number of thioether (sulfide) groups is 1. The van der Waals surface area contributed by atoms with E-state index in [0.717, 1.165) is 22.5 Å². The van der Waals surface area contributed by atoms with E-state index in [1.165, 1.54) is 0 Å². The van der Waals surface area contributed by atoms with Gasteiger partial charge in [-0.15, -0.1) is 11.8 Å². The first-order valence-corrected chi connectivity index (χ1v) is 9.13. The van der Waals surface area contributed by atoms with Crippen molar-refractivity contribution in [3.63, 3.8) is 0 Å². The molecule has 0 amide bonds. The molecule has 0 unspecified atom stereocenters. The van der Waals surface area contributed by atoms with Crippen molar-refractivity contribution >= 4 is 39.1 Å². The van der Waals surface area contributed by atoms with E-state index in [-0.39, 0.29) is 0 Å². The molecule has 0 fully saturated rings. The zero-order valence-electron chi connectivity index (χ0n) is 10.8. The number of halogens is 1. The number of anilines is 1. The first kappa shape index (κ1) is 15.2. The van der Waals surface area contributed by atoms with E-state index in [0.29, 0.717) is 10.7 Å². The van der Waals surface area contributed by atoms with Crippen molar-refractivity contribution in [1.29, 1.82) is 0 Å². The number of sulfonamides is 1. The molecule has 6 heteroatoms. The van der Waals surface area contributed by atoms with Crippen LogP contribution in [0, 0.1) is 0 Å². The molecule has 0 aromatic heterocycles. The molecule has 106 valence electrons. The second kappa shape index (κ2) is 6.52. The maximum Gasteiger partial charge on any atom is 0.229 e. The summed E-state index contributed by atoms with van der Waals surface area (Å²) in [7, 11) is -3.27. The lowest BCUT2D eigenvalue weighted by molar-refractivity contribution is 0.606. The summed E-state index contributed by atoms with van der Waals surface area (Å²) in [6.45, 7) is 0. The van der Waals surface area contributed by atoms with E-state index in [1.54, 1.807) is 23.9 Å². The Morgan fingerprint density at radius 2 is 1.75 bits per heavy atom. The van der Waals surface area contributed by atoms with Crippen molar-refractivity contribution in [3.8, 4) is 0 Å². The van der Waals surface area contributed by atoms with Gasteiger partial charge in [-0.2, -0.15) is 0 Å². The number of hydrogen-bond acceptors (Lipinski definition) is 3. The van der Waals surface area contributed by atoms with Crippen LogP contribution in [-0.4, -0.2) is 14.7 Å². The van der Waals surface area contributed by atoms with E-state index in [4.69, 9.17) is 11.6 Å². The van der Waals surface area contributed by atoms with Crippen molar-refractivity contribution in [1.82, 2.24) is 0 Å². The molecule has 1 N–H and O–H groups in total. The van der Waals surface area contributed by atoms with Gasteiger partial charge >= 0.3 is 0 Å². The molecule has 0 aliphatic heterocycles. The van der Waals surface area contributed by atoms with E-state index < -0.39 is 10.0 Å². The van der Waals surface area contributed by atoms with Crippen LogP contribution < -0.4 is 4.72 Å². The summed E-state index contributed by atoms with van der Waals surface area (Å²) in [6.07, 6.45) is 1.15. The highest BCUT2D eigenvalue weighted by Gasteiger charge is 2.07. The standard InChI is InChI=1S/C14H14ClNO2S2/c1-20(17,18)16-13-4-2-3-5-14(13)19-10-11-6-8-12(15)9-7-11/h2-9,16H,10H2,1H3. The van der Waals surface area contributed by atoms with Crippen LogP contribution in [0.15, 0.2) is 53.4 Å². The molecule has 20 heavy (non-hydrogen) atoms. The summed E-state index contributed by atoms with van der Waals surface area (Å²) in [6, 6.07) is 15.0. The molecule has 0 atom stereocenters. The second-order valence-electron chi connectivity index (χ2n) is 4.29. The van der Waals surface area contributed by atoms with Crippen molar-refractivity contribution in [2.24, 2.45) is 0 Å². The van der Waals surface area contributed by atoms with Crippen molar-refractivity contribution < 1.29 is 8.42 Å². The number of hydrogen-bond donors (Lipinski definition) is 1. The maximum absolute atomic E-state index is 11.3. The second-order valence-corrected chi connectivity index (χ2v) is 7.49. The van der Waals surface area contributed by atoms with Crippen LogP contribution in [0.1, 0.15) is 5.56 Å². The van der Waals surface area contributed by atoms with Gasteiger partial charge in [0.1, 0.15) is 0 Å². The van der Waals surface area contributed by atoms with Gasteiger partial charge in [-0.3, -0.25) is 4.72 Å². The molecule has 0 saturated carbocycles. The summed E-state index contributed by atoms with van der Waals surface area (Å²) in [5.41, 5.74) is 1.74. The molecule has 0 bridgehead atoms. The van der Waals surface area contributed by atoms with Crippen LogP contribution in [0.4, 0.5) is 5.69 Å². The molecule has 0 saturated heterocycles. The number of nitrogens with one attached hydrogen (secondary N) is 1. The van der Waals surface area contributed by atoms with Crippen LogP contribution in [0.25, 0.3) is 0 Å². The van der Waals surface area contributed by atoms with Gasteiger partial charge < -0.3 is 0 Å². The quantitative estimate of drug-likeness (QED) is 0.844. The zero-order valence-corrected chi connectivity index (χ0v) is 13.2. The lowest BCUT2D eigenvalue weighted by Crippen LogP contribution is -2.10. The van der Waals surface area contributed by atoms with Crippen LogP contribution >= 0.6 is 23.4 Å². The largest absolute Gasteiger partial charge is 0.283 e. The highest BCUT2D eigenvalue weighted by atomic mass is 35.5. The Bertz CT molecular complexity index is 685. The predicted octanol–water partition coefficient (Wildman–Crippen LogP) is 4.00. The van der Waals surface area contributed by atoms with E-state index >= 15 is 0 Å². The molecule has 2 aromatic carbocycles. The summed E-state index contributed by atoms with van der Waals surface area (Å²) in [5.74, 6) is 0.750. The van der Waals surface area contributed by atoms with E-state index in [1.807, 2.05) is 36.4 Å². The fraction of sp³-hybridized carbons (Fsp3) is 0.143. The minimum absolute atomic E-state index is 0.606. The molecule has 3 nitrogen and oxygen atoms in total. The Labute approximate surface area is 128 Å². The Hall–Kier alpha value is -1.17. The minimum atomic E-state index is -3.27. The lowest BCUT2D eigenvalue weighted by Gasteiger charge is -2.10. The first-order chi connectivity index (χ1) is 9.44. The van der Waals surface area contributed by atoms with E-state index in [9.17, 15) is 8.42 Å². The van der Waals surface area contributed by atoms with Crippen molar-refractivity contribution in [2.45, 2.75) is 10.6 Å². The SMILES string of the molecule is CS(=O)(=O)Nc1ccccc1SCc1ccc(Cl)cc1. The monoisotopic (exact) mass is 327 g/mol. The van der Waals surface area contributed by atoms with Gasteiger partial charge in [0, 0.05) is 15.7 Å². The van der Waals surface area contributed by atoms with Crippen LogP contribution in [0.5, 0.6) is 0 Å². The summed E-state index contributed by atoms with van der Waals surface area (Å²) in [5, 5.41) is 0.706. The van der Waals surface area contributed by atoms with Crippen molar-refractivity contribution in [3.05, 3.63) is 59.1 Å². The van der Waals surface area contributed by atoms with Gasteiger partial charge in [-0.1, -0.05) is 35.9 Å². The van der Waals surface area contributed by atoms with Crippen molar-refractivity contribution in [2.75, 3.05) is 11.0 Å². The molecule has 0 aliphatic carbocycles. The molecular weight excluding hydrogens is 314 g/mol. The van der Waals surface area contributed by atoms with Gasteiger partial charge in [0.05, 0.1) is 11.9 Å². The normalized spacial score (nSPS) is 11.3. The van der Waals surface area contributed by atoms with Gasteiger partial charge in [-0.05, 0) is 29.8 Å². The molecule has 0 radical (unpaired) electrons. The lowest BCUT2D eigenvalue weighted by atomic mass is 10.2. The number of rotatable bonds is 5. The Morgan fingerprint density at radius 3 is 2.40 bits per heavy atom. The smallest absolute Gasteiger partial charge is 0.229 e. The molecule has 0 aliphatic rings. The fourth-order valence-electron chi connectivity index (χ4n) is 1.62. The van der Waals surface area contributed by atoms with Gasteiger partial charge in [-0.25, -0.2) is 8.42 Å². The van der Waals surface area contributed by atoms with Crippen LogP contribution in [-0.2, 0) is 15.8 Å². The third kappa shape index (κ3) is 4.74. The molecule has 2 rings (SSSR count). The highest BCUT2D eigenvalue weighted by molar-refractivity contribution is 7.98. The third-order valence-corrected chi connectivity index (χ3v) is 4.48. The molecular formula is C14H14ClNO2S2. The third-order valence-electron chi connectivity index (χ3n) is 2.49. The van der Waals surface area contributed by atoms with Crippen LogP contribution in [0.2, 0.25) is 5.02 Å². The predicted molar refractivity (Wildman–Crippen MR) is 85.9 cm³/mol. The number of para-hydroxylation sites is 1. The zero-order chi connectivity index (χ0) is 14.6. The maximum atomic E-state index is 11.3. The van der Waals surface area contributed by atoms with Crippen LogP contribution in [0.3, 0.4) is 0 Å². The number of benzene rings is 2. The van der Waals surface area contributed by atoms with E-state index in [2.05, 4.69) is 4.72 Å². The Kier molecular flexibility index (Phi) is 4.96. The first-order valence-electron chi connectivity index (χ1n) is 5.88.